The summed E-state index contributed by atoms with van der Waals surface area (Å²) in [5.41, 5.74) is 1.01. The molecule has 0 fully saturated rings. The number of benzene rings is 1. The number of nitrogens with zero attached hydrogens (tertiary/aromatic N) is 4. The van der Waals surface area contributed by atoms with Gasteiger partial charge >= 0.3 is 0 Å². The molecule has 1 heterocycles. The van der Waals surface area contributed by atoms with E-state index >= 15 is 0 Å². The van der Waals surface area contributed by atoms with Gasteiger partial charge in [-0.1, -0.05) is 18.2 Å². The summed E-state index contributed by atoms with van der Waals surface area (Å²) in [6.07, 6.45) is 1.96. The van der Waals surface area contributed by atoms with Crippen molar-refractivity contribution in [3.63, 3.8) is 0 Å². The normalized spacial score (nSPS) is 9.68. The van der Waals surface area contributed by atoms with E-state index in [1.807, 2.05) is 48.3 Å². The predicted molar refractivity (Wildman–Crippen MR) is 75.3 cm³/mol. The minimum absolute atomic E-state index is 0.438. The second-order valence-corrected chi connectivity index (χ2v) is 3.91. The Morgan fingerprint density at radius 2 is 2.05 bits per heavy atom. The molecule has 2 rings (SSSR count). The number of para-hydroxylation sites is 1. The summed E-state index contributed by atoms with van der Waals surface area (Å²) in [5.74, 6) is 1.53. The summed E-state index contributed by atoms with van der Waals surface area (Å²) in [4.78, 5) is 10.4. The van der Waals surface area contributed by atoms with E-state index in [9.17, 15) is 0 Å². The lowest BCUT2D eigenvalue weighted by atomic mass is 10.2. The van der Waals surface area contributed by atoms with E-state index in [-0.39, 0.29) is 0 Å². The third-order valence-electron chi connectivity index (χ3n) is 2.70. The molecule has 0 saturated carbocycles. The highest BCUT2D eigenvalue weighted by Gasteiger charge is 2.10. The van der Waals surface area contributed by atoms with Gasteiger partial charge in [0.15, 0.2) is 0 Å². The lowest BCUT2D eigenvalue weighted by molar-refractivity contribution is 0.920. The Balaban J connectivity index is 2.34. The molecular weight excluding hydrogens is 238 g/mol. The fourth-order valence-electron chi connectivity index (χ4n) is 1.78. The van der Waals surface area contributed by atoms with Crippen LogP contribution in [0.5, 0.6) is 0 Å². The minimum atomic E-state index is 0.438. The molecule has 0 spiro atoms. The Morgan fingerprint density at radius 1 is 1.26 bits per heavy atom. The zero-order valence-electron chi connectivity index (χ0n) is 10.7. The first-order valence-electron chi connectivity index (χ1n) is 6.04. The third kappa shape index (κ3) is 3.19. The van der Waals surface area contributed by atoms with Crippen molar-refractivity contribution in [2.45, 2.75) is 6.42 Å². The van der Waals surface area contributed by atoms with Gasteiger partial charge in [-0.25, -0.2) is 9.97 Å². The summed E-state index contributed by atoms with van der Waals surface area (Å²) in [6, 6.07) is 13.9. The molecule has 1 aromatic carbocycles. The fraction of sp³-hybridized carbons (Fsp3) is 0.214. The second kappa shape index (κ2) is 6.36. The van der Waals surface area contributed by atoms with E-state index in [4.69, 9.17) is 5.26 Å². The first kappa shape index (κ1) is 12.8. The Labute approximate surface area is 112 Å². The van der Waals surface area contributed by atoms with Crippen LogP contribution < -0.4 is 10.2 Å². The smallest absolute Gasteiger partial charge is 0.138 e. The van der Waals surface area contributed by atoms with E-state index in [2.05, 4.69) is 21.4 Å². The molecule has 0 aliphatic heterocycles. The van der Waals surface area contributed by atoms with E-state index in [1.54, 1.807) is 0 Å². The van der Waals surface area contributed by atoms with E-state index in [0.717, 1.165) is 17.3 Å². The fourth-order valence-corrected chi connectivity index (χ4v) is 1.78. The zero-order valence-corrected chi connectivity index (χ0v) is 10.7. The van der Waals surface area contributed by atoms with Gasteiger partial charge in [-0.2, -0.15) is 5.26 Å². The number of anilines is 3. The molecular formula is C14H15N5. The molecule has 1 N–H and O–H groups in total. The van der Waals surface area contributed by atoms with Crippen molar-refractivity contribution in [2.24, 2.45) is 0 Å². The van der Waals surface area contributed by atoms with Gasteiger partial charge in [0.1, 0.15) is 18.0 Å². The lowest BCUT2D eigenvalue weighted by Gasteiger charge is -2.22. The largest absolute Gasteiger partial charge is 0.373 e. The van der Waals surface area contributed by atoms with Crippen LogP contribution in [0.25, 0.3) is 0 Å². The standard InChI is InChI=1S/C14H15N5/c1-16-13-10-14(18-11-17-13)19(9-5-8-15)12-6-3-2-4-7-12/h2-4,6-7,10-11H,5,9H2,1H3,(H,16,17,18). The number of rotatable bonds is 5. The van der Waals surface area contributed by atoms with Gasteiger partial charge in [0.2, 0.25) is 0 Å². The van der Waals surface area contributed by atoms with Crippen molar-refractivity contribution in [1.82, 2.24) is 9.97 Å². The van der Waals surface area contributed by atoms with Crippen molar-refractivity contribution in [2.75, 3.05) is 23.8 Å². The first-order valence-corrected chi connectivity index (χ1v) is 6.04. The molecule has 0 atom stereocenters. The van der Waals surface area contributed by atoms with Crippen molar-refractivity contribution >= 4 is 17.3 Å². The van der Waals surface area contributed by atoms with Crippen LogP contribution in [-0.4, -0.2) is 23.6 Å². The third-order valence-corrected chi connectivity index (χ3v) is 2.70. The SMILES string of the molecule is CNc1cc(N(CCC#N)c2ccccc2)ncn1. The van der Waals surface area contributed by atoms with E-state index in [0.29, 0.717) is 13.0 Å². The Morgan fingerprint density at radius 3 is 2.74 bits per heavy atom. The van der Waals surface area contributed by atoms with Crippen LogP contribution in [0.2, 0.25) is 0 Å². The van der Waals surface area contributed by atoms with Crippen molar-refractivity contribution in [3.05, 3.63) is 42.7 Å². The van der Waals surface area contributed by atoms with Crippen LogP contribution in [0.3, 0.4) is 0 Å². The van der Waals surface area contributed by atoms with Gasteiger partial charge in [-0.3, -0.25) is 0 Å². The quantitative estimate of drug-likeness (QED) is 0.887. The number of hydrogen-bond donors (Lipinski definition) is 1. The topological polar surface area (TPSA) is 64.8 Å². The highest BCUT2D eigenvalue weighted by molar-refractivity contribution is 5.62. The van der Waals surface area contributed by atoms with E-state index in [1.165, 1.54) is 6.33 Å². The van der Waals surface area contributed by atoms with Crippen LogP contribution in [-0.2, 0) is 0 Å². The van der Waals surface area contributed by atoms with Gasteiger partial charge in [-0.05, 0) is 12.1 Å². The number of nitrogens with one attached hydrogen (secondary N) is 1. The highest BCUT2D eigenvalue weighted by Crippen LogP contribution is 2.24. The minimum Gasteiger partial charge on any atom is -0.373 e. The number of hydrogen-bond acceptors (Lipinski definition) is 5. The van der Waals surface area contributed by atoms with Crippen molar-refractivity contribution in [3.8, 4) is 6.07 Å². The monoisotopic (exact) mass is 253 g/mol. The lowest BCUT2D eigenvalue weighted by Crippen LogP contribution is -2.19. The molecule has 0 amide bonds. The van der Waals surface area contributed by atoms with Crippen LogP contribution >= 0.6 is 0 Å². The zero-order chi connectivity index (χ0) is 13.5. The van der Waals surface area contributed by atoms with Gasteiger partial charge < -0.3 is 10.2 Å². The summed E-state index contributed by atoms with van der Waals surface area (Å²) in [5, 5.41) is 11.8. The Hall–Kier alpha value is -2.61. The number of nitriles is 1. The summed E-state index contributed by atoms with van der Waals surface area (Å²) >= 11 is 0. The number of aromatic nitrogens is 2. The van der Waals surface area contributed by atoms with Crippen LogP contribution in [0.1, 0.15) is 6.42 Å². The Bertz CT molecular complexity index is 562. The van der Waals surface area contributed by atoms with Gasteiger partial charge in [0, 0.05) is 25.3 Å². The van der Waals surface area contributed by atoms with Crippen molar-refractivity contribution in [1.29, 1.82) is 5.26 Å². The molecule has 5 heteroatoms. The van der Waals surface area contributed by atoms with Gasteiger partial charge in [-0.15, -0.1) is 0 Å². The molecule has 5 nitrogen and oxygen atoms in total. The maximum atomic E-state index is 8.79. The maximum Gasteiger partial charge on any atom is 0.138 e. The molecule has 0 radical (unpaired) electrons. The average Bonchev–Trinajstić information content (AvgIpc) is 2.49. The molecule has 96 valence electrons. The van der Waals surface area contributed by atoms with Crippen LogP contribution in [0.4, 0.5) is 17.3 Å². The molecule has 0 aliphatic carbocycles. The maximum absolute atomic E-state index is 8.79. The Kier molecular flexibility index (Phi) is 4.29. The van der Waals surface area contributed by atoms with Gasteiger partial charge in [0.25, 0.3) is 0 Å². The molecule has 2 aromatic rings. The van der Waals surface area contributed by atoms with E-state index < -0.39 is 0 Å². The average molecular weight is 253 g/mol. The second-order valence-electron chi connectivity index (χ2n) is 3.91. The molecule has 19 heavy (non-hydrogen) atoms. The predicted octanol–water partition coefficient (Wildman–Crippen LogP) is 2.57. The molecule has 0 unspecified atom stereocenters. The van der Waals surface area contributed by atoms with Crippen LogP contribution in [0.15, 0.2) is 42.7 Å². The first-order chi connectivity index (χ1) is 9.35. The highest BCUT2D eigenvalue weighted by atomic mass is 15.2. The summed E-state index contributed by atoms with van der Waals surface area (Å²) < 4.78 is 0. The van der Waals surface area contributed by atoms with Crippen LogP contribution in [0, 0.1) is 11.3 Å². The van der Waals surface area contributed by atoms with Crippen molar-refractivity contribution < 1.29 is 0 Å². The van der Waals surface area contributed by atoms with Gasteiger partial charge in [0.05, 0.1) is 12.5 Å². The molecule has 0 bridgehead atoms. The summed E-state index contributed by atoms with van der Waals surface area (Å²) in [6.45, 7) is 0.598. The molecule has 0 aliphatic rings. The molecule has 1 aromatic heterocycles. The summed E-state index contributed by atoms with van der Waals surface area (Å²) in [7, 11) is 1.81. The molecule has 0 saturated heterocycles.